The first-order valence-electron chi connectivity index (χ1n) is 9.97. The summed E-state index contributed by atoms with van der Waals surface area (Å²) in [5.74, 6) is 0.869. The Labute approximate surface area is 200 Å². The zero-order valence-corrected chi connectivity index (χ0v) is 19.8. The van der Waals surface area contributed by atoms with Crippen LogP contribution in [0.15, 0.2) is 66.7 Å². The van der Waals surface area contributed by atoms with Gasteiger partial charge in [-0.3, -0.25) is 10.1 Å². The van der Waals surface area contributed by atoms with Crippen LogP contribution < -0.4 is 19.5 Å². The van der Waals surface area contributed by atoms with Crippen molar-refractivity contribution in [3.8, 4) is 38.9 Å². The Bertz CT molecular complexity index is 1250. The Morgan fingerprint density at radius 2 is 1.52 bits per heavy atom. The van der Waals surface area contributed by atoms with Gasteiger partial charge < -0.3 is 14.2 Å². The van der Waals surface area contributed by atoms with Crippen molar-refractivity contribution in [1.82, 2.24) is 4.98 Å². The molecule has 4 rings (SSSR count). The number of methoxy groups -OCH3 is 3. The number of halogens is 1. The monoisotopic (exact) mass is 480 g/mol. The van der Waals surface area contributed by atoms with Gasteiger partial charge in [-0.25, -0.2) is 4.98 Å². The first-order valence-corrected chi connectivity index (χ1v) is 11.2. The maximum absolute atomic E-state index is 13.1. The number of rotatable bonds is 7. The third-order valence-corrected chi connectivity index (χ3v) is 6.20. The summed E-state index contributed by atoms with van der Waals surface area (Å²) in [6, 6.07) is 20.6. The lowest BCUT2D eigenvalue weighted by Gasteiger charge is -2.13. The average Bonchev–Trinajstić information content (AvgIpc) is 3.27. The van der Waals surface area contributed by atoms with Crippen LogP contribution in [0.25, 0.3) is 21.7 Å². The Balaban J connectivity index is 1.72. The molecule has 1 heterocycles. The molecule has 33 heavy (non-hydrogen) atoms. The molecule has 0 spiro atoms. The second kappa shape index (κ2) is 9.94. The normalized spacial score (nSPS) is 10.5. The fourth-order valence-electron chi connectivity index (χ4n) is 3.34. The summed E-state index contributed by atoms with van der Waals surface area (Å²) in [7, 11) is 4.52. The van der Waals surface area contributed by atoms with E-state index in [-0.39, 0.29) is 5.91 Å². The molecule has 1 N–H and O–H groups in total. The predicted molar refractivity (Wildman–Crippen MR) is 132 cm³/mol. The van der Waals surface area contributed by atoms with E-state index >= 15 is 0 Å². The molecule has 0 saturated heterocycles. The van der Waals surface area contributed by atoms with Crippen LogP contribution >= 0.6 is 22.9 Å². The lowest BCUT2D eigenvalue weighted by molar-refractivity contribution is 0.102. The third-order valence-electron chi connectivity index (χ3n) is 4.93. The van der Waals surface area contributed by atoms with Gasteiger partial charge in [-0.2, -0.15) is 0 Å². The number of nitrogens with zero attached hydrogens (tertiary/aromatic N) is 1. The molecule has 0 fully saturated rings. The summed E-state index contributed by atoms with van der Waals surface area (Å²) in [5.41, 5.74) is 3.04. The predicted octanol–water partition coefficient (Wildman–Crippen LogP) is 6.41. The molecule has 0 atom stereocenters. The molecule has 0 saturated carbocycles. The lowest BCUT2D eigenvalue weighted by atomic mass is 10.1. The van der Waals surface area contributed by atoms with Gasteiger partial charge in [0.15, 0.2) is 16.6 Å². The van der Waals surface area contributed by atoms with E-state index in [0.717, 1.165) is 21.7 Å². The van der Waals surface area contributed by atoms with E-state index in [1.807, 2.05) is 54.6 Å². The summed E-state index contributed by atoms with van der Waals surface area (Å²) >= 11 is 7.46. The number of hydrogen-bond acceptors (Lipinski definition) is 6. The van der Waals surface area contributed by atoms with Crippen LogP contribution in [0, 0.1) is 0 Å². The first kappa shape index (κ1) is 22.6. The second-order valence-corrected chi connectivity index (χ2v) is 8.37. The molecule has 4 aromatic rings. The van der Waals surface area contributed by atoms with Crippen molar-refractivity contribution >= 4 is 34.0 Å². The fourth-order valence-corrected chi connectivity index (χ4v) is 4.46. The van der Waals surface area contributed by atoms with E-state index in [9.17, 15) is 4.79 Å². The Hall–Kier alpha value is -3.55. The highest BCUT2D eigenvalue weighted by Crippen LogP contribution is 2.41. The summed E-state index contributed by atoms with van der Waals surface area (Å²) in [6.45, 7) is 0. The molecule has 1 amide bonds. The molecular weight excluding hydrogens is 460 g/mol. The van der Waals surface area contributed by atoms with E-state index in [4.69, 9.17) is 30.8 Å². The summed E-state index contributed by atoms with van der Waals surface area (Å²) < 4.78 is 16.1. The van der Waals surface area contributed by atoms with Crippen LogP contribution in [0.3, 0.4) is 0 Å². The highest BCUT2D eigenvalue weighted by atomic mass is 35.5. The molecule has 0 aliphatic heterocycles. The molecule has 0 aliphatic carbocycles. The molecule has 8 heteroatoms. The number of thiazole rings is 1. The van der Waals surface area contributed by atoms with Crippen LogP contribution in [0.4, 0.5) is 5.13 Å². The number of aromatic nitrogens is 1. The van der Waals surface area contributed by atoms with Gasteiger partial charge in [-0.15, -0.1) is 0 Å². The molecule has 168 valence electrons. The van der Waals surface area contributed by atoms with Crippen molar-refractivity contribution in [3.05, 3.63) is 77.3 Å². The van der Waals surface area contributed by atoms with E-state index in [0.29, 0.717) is 33.0 Å². The standard InChI is InChI=1S/C25H21ClN2O4S/c1-30-19-13-17(14-20(31-2)22(19)32-3)24(29)28-25-27-21(15-9-11-18(26)12-10-15)23(33-25)16-7-5-4-6-8-16/h4-14H,1-3H3,(H,27,28,29). The zero-order valence-electron chi connectivity index (χ0n) is 18.2. The van der Waals surface area contributed by atoms with Crippen LogP contribution in [0.1, 0.15) is 10.4 Å². The van der Waals surface area contributed by atoms with Gasteiger partial charge >= 0.3 is 0 Å². The van der Waals surface area contributed by atoms with Crippen LogP contribution in [-0.2, 0) is 0 Å². The van der Waals surface area contributed by atoms with Crippen molar-refractivity contribution in [3.63, 3.8) is 0 Å². The molecule has 3 aromatic carbocycles. The van der Waals surface area contributed by atoms with Crippen molar-refractivity contribution in [2.45, 2.75) is 0 Å². The summed E-state index contributed by atoms with van der Waals surface area (Å²) in [4.78, 5) is 18.7. The Kier molecular flexibility index (Phi) is 6.82. The fraction of sp³-hybridized carbons (Fsp3) is 0.120. The van der Waals surface area contributed by atoms with Crippen LogP contribution in [-0.4, -0.2) is 32.2 Å². The van der Waals surface area contributed by atoms with Crippen molar-refractivity contribution in [2.24, 2.45) is 0 Å². The van der Waals surface area contributed by atoms with Gasteiger partial charge in [0.2, 0.25) is 5.75 Å². The number of amides is 1. The molecule has 0 unspecified atom stereocenters. The highest BCUT2D eigenvalue weighted by Gasteiger charge is 2.20. The van der Waals surface area contributed by atoms with E-state index < -0.39 is 0 Å². The number of ether oxygens (including phenoxy) is 3. The number of anilines is 1. The van der Waals surface area contributed by atoms with E-state index in [1.54, 1.807) is 12.1 Å². The van der Waals surface area contributed by atoms with Gasteiger partial charge in [-0.1, -0.05) is 65.4 Å². The first-order chi connectivity index (χ1) is 16.0. The maximum atomic E-state index is 13.1. The number of nitrogens with one attached hydrogen (secondary N) is 1. The quantitative estimate of drug-likeness (QED) is 0.331. The van der Waals surface area contributed by atoms with Gasteiger partial charge in [-0.05, 0) is 29.8 Å². The SMILES string of the molecule is COc1cc(C(=O)Nc2nc(-c3ccc(Cl)cc3)c(-c3ccccc3)s2)cc(OC)c1OC. The van der Waals surface area contributed by atoms with Crippen LogP contribution in [0.2, 0.25) is 5.02 Å². The van der Waals surface area contributed by atoms with Gasteiger partial charge in [0.1, 0.15) is 0 Å². The minimum absolute atomic E-state index is 0.342. The van der Waals surface area contributed by atoms with Crippen molar-refractivity contribution in [1.29, 1.82) is 0 Å². The van der Waals surface area contributed by atoms with Crippen molar-refractivity contribution < 1.29 is 19.0 Å². The largest absolute Gasteiger partial charge is 0.493 e. The lowest BCUT2D eigenvalue weighted by Crippen LogP contribution is -2.12. The molecule has 1 aromatic heterocycles. The average molecular weight is 481 g/mol. The summed E-state index contributed by atoms with van der Waals surface area (Å²) in [5, 5.41) is 4.02. The zero-order chi connectivity index (χ0) is 23.4. The molecule has 0 aliphatic rings. The van der Waals surface area contributed by atoms with E-state index in [1.165, 1.54) is 32.7 Å². The number of hydrogen-bond donors (Lipinski definition) is 1. The van der Waals surface area contributed by atoms with Gasteiger partial charge in [0, 0.05) is 16.1 Å². The molecule has 6 nitrogen and oxygen atoms in total. The van der Waals surface area contributed by atoms with E-state index in [2.05, 4.69) is 5.32 Å². The Morgan fingerprint density at radius 1 is 0.879 bits per heavy atom. The molecular formula is C25H21ClN2O4S. The maximum Gasteiger partial charge on any atom is 0.257 e. The topological polar surface area (TPSA) is 69.7 Å². The van der Waals surface area contributed by atoms with Gasteiger partial charge in [0.25, 0.3) is 5.91 Å². The highest BCUT2D eigenvalue weighted by molar-refractivity contribution is 7.19. The smallest absolute Gasteiger partial charge is 0.257 e. The third kappa shape index (κ3) is 4.79. The molecule has 0 radical (unpaired) electrons. The minimum atomic E-state index is -0.342. The minimum Gasteiger partial charge on any atom is -0.493 e. The second-order valence-electron chi connectivity index (χ2n) is 6.94. The molecule has 0 bridgehead atoms. The number of carbonyl (C=O) groups excluding carboxylic acids is 1. The van der Waals surface area contributed by atoms with Gasteiger partial charge in [0.05, 0.1) is 31.9 Å². The number of benzene rings is 3. The van der Waals surface area contributed by atoms with Crippen molar-refractivity contribution in [2.75, 3.05) is 26.6 Å². The Morgan fingerprint density at radius 3 is 2.09 bits per heavy atom. The van der Waals surface area contributed by atoms with Crippen LogP contribution in [0.5, 0.6) is 17.2 Å². The summed E-state index contributed by atoms with van der Waals surface area (Å²) in [6.07, 6.45) is 0. The number of carbonyl (C=O) groups is 1.